The number of amides is 2. The molecule has 4 aromatic carbocycles. The summed E-state index contributed by atoms with van der Waals surface area (Å²) in [6.45, 7) is 0.228. The summed E-state index contributed by atoms with van der Waals surface area (Å²) in [7, 11) is 0. The molecule has 0 N–H and O–H groups in total. The number of benzene rings is 4. The third kappa shape index (κ3) is 5.34. The van der Waals surface area contributed by atoms with Crippen molar-refractivity contribution in [3.63, 3.8) is 0 Å². The lowest BCUT2D eigenvalue weighted by atomic mass is 10.0. The van der Waals surface area contributed by atoms with Gasteiger partial charge >= 0.3 is 0 Å². The highest BCUT2D eigenvalue weighted by Gasteiger charge is 2.41. The smallest absolute Gasteiger partial charge is 0.270 e. The van der Waals surface area contributed by atoms with Crippen LogP contribution in [0.5, 0.6) is 5.75 Å². The predicted molar refractivity (Wildman–Crippen MR) is 156 cm³/mol. The standard InChI is InChI=1S/C30H20Cl2N2O3S/c31-22-15-14-21(27(32)18-22)19-37-25-13-7-8-20(16-25)17-26-28(35)33(23-9-3-1-4-10-23)30(38)34(29(26)36)24-11-5-2-6-12-24/h1-18H,19H2. The van der Waals surface area contributed by atoms with Crippen molar-refractivity contribution in [2.75, 3.05) is 9.80 Å². The molecule has 5 nitrogen and oxygen atoms in total. The molecule has 0 bridgehead atoms. The number of rotatable bonds is 6. The molecule has 0 spiro atoms. The van der Waals surface area contributed by atoms with Crippen LogP contribution < -0.4 is 14.5 Å². The monoisotopic (exact) mass is 558 g/mol. The zero-order chi connectivity index (χ0) is 26.6. The van der Waals surface area contributed by atoms with Gasteiger partial charge in [0.2, 0.25) is 0 Å². The van der Waals surface area contributed by atoms with E-state index in [0.29, 0.717) is 32.7 Å². The minimum Gasteiger partial charge on any atom is -0.489 e. The summed E-state index contributed by atoms with van der Waals surface area (Å²) in [6, 6.07) is 30.4. The molecule has 1 aliphatic rings. The number of para-hydroxylation sites is 2. The van der Waals surface area contributed by atoms with E-state index < -0.39 is 11.8 Å². The molecule has 4 aromatic rings. The van der Waals surface area contributed by atoms with Crippen molar-refractivity contribution < 1.29 is 14.3 Å². The Kier molecular flexibility index (Phi) is 7.56. The van der Waals surface area contributed by atoms with E-state index in [1.54, 1.807) is 72.8 Å². The van der Waals surface area contributed by atoms with Crippen molar-refractivity contribution in [3.05, 3.63) is 130 Å². The molecule has 188 valence electrons. The molecule has 2 amide bonds. The summed E-state index contributed by atoms with van der Waals surface area (Å²) in [4.78, 5) is 30.1. The predicted octanol–water partition coefficient (Wildman–Crippen LogP) is 7.32. The Hall–Kier alpha value is -3.97. The van der Waals surface area contributed by atoms with Gasteiger partial charge in [-0.2, -0.15) is 0 Å². The number of ether oxygens (including phenoxy) is 1. The first-order valence-electron chi connectivity index (χ1n) is 11.6. The van der Waals surface area contributed by atoms with Gasteiger partial charge in [-0.25, -0.2) is 0 Å². The molecule has 1 fully saturated rings. The number of hydrogen-bond donors (Lipinski definition) is 0. The van der Waals surface area contributed by atoms with Gasteiger partial charge in [0.25, 0.3) is 11.8 Å². The number of hydrogen-bond acceptors (Lipinski definition) is 4. The van der Waals surface area contributed by atoms with E-state index in [1.165, 1.54) is 9.80 Å². The van der Waals surface area contributed by atoms with Crippen molar-refractivity contribution in [2.45, 2.75) is 6.61 Å². The average molecular weight is 559 g/mol. The van der Waals surface area contributed by atoms with Gasteiger partial charge in [-0.3, -0.25) is 19.4 Å². The molecule has 5 rings (SSSR count). The van der Waals surface area contributed by atoms with Gasteiger partial charge in [0.1, 0.15) is 17.9 Å². The normalized spacial score (nSPS) is 13.6. The van der Waals surface area contributed by atoms with Crippen LogP contribution in [0.4, 0.5) is 11.4 Å². The van der Waals surface area contributed by atoms with Crippen LogP contribution >= 0.6 is 35.4 Å². The third-order valence-corrected chi connectivity index (χ3v) is 6.81. The Balaban J connectivity index is 1.49. The highest BCUT2D eigenvalue weighted by atomic mass is 35.5. The fourth-order valence-electron chi connectivity index (χ4n) is 4.00. The van der Waals surface area contributed by atoms with Crippen molar-refractivity contribution in [3.8, 4) is 5.75 Å². The van der Waals surface area contributed by atoms with Crippen LogP contribution in [0.2, 0.25) is 10.0 Å². The molecule has 0 saturated carbocycles. The summed E-state index contributed by atoms with van der Waals surface area (Å²) in [5, 5.41) is 1.14. The number of nitrogens with zero attached hydrogens (tertiary/aromatic N) is 2. The van der Waals surface area contributed by atoms with E-state index in [-0.39, 0.29) is 17.3 Å². The number of thiocarbonyl (C=S) groups is 1. The Morgan fingerprint density at radius 2 is 1.34 bits per heavy atom. The molecule has 1 heterocycles. The summed E-state index contributed by atoms with van der Waals surface area (Å²) >= 11 is 17.9. The zero-order valence-electron chi connectivity index (χ0n) is 19.9. The van der Waals surface area contributed by atoms with Gasteiger partial charge in [-0.1, -0.05) is 77.8 Å². The fourth-order valence-corrected chi connectivity index (χ4v) is 4.84. The number of carbonyl (C=O) groups is 2. The molecule has 8 heteroatoms. The van der Waals surface area contributed by atoms with Crippen LogP contribution in [0.15, 0.2) is 109 Å². The van der Waals surface area contributed by atoms with Crippen LogP contribution in [-0.2, 0) is 16.2 Å². The Morgan fingerprint density at radius 3 is 1.92 bits per heavy atom. The lowest BCUT2D eigenvalue weighted by Gasteiger charge is -2.36. The van der Waals surface area contributed by atoms with Crippen molar-refractivity contribution >= 4 is 69.8 Å². The summed E-state index contributed by atoms with van der Waals surface area (Å²) in [5.74, 6) is -0.452. The van der Waals surface area contributed by atoms with E-state index in [2.05, 4.69) is 0 Å². The molecule has 0 radical (unpaired) electrons. The van der Waals surface area contributed by atoms with Crippen LogP contribution in [0.25, 0.3) is 6.08 Å². The largest absolute Gasteiger partial charge is 0.489 e. The van der Waals surface area contributed by atoms with Crippen LogP contribution in [-0.4, -0.2) is 16.9 Å². The minimum absolute atomic E-state index is 0.0239. The second kappa shape index (κ2) is 11.2. The maximum Gasteiger partial charge on any atom is 0.270 e. The van der Waals surface area contributed by atoms with E-state index in [1.807, 2.05) is 36.4 Å². The number of halogens is 2. The van der Waals surface area contributed by atoms with E-state index in [4.69, 9.17) is 40.2 Å². The van der Waals surface area contributed by atoms with Crippen LogP contribution in [0.1, 0.15) is 11.1 Å². The molecular weight excluding hydrogens is 539 g/mol. The zero-order valence-corrected chi connectivity index (χ0v) is 22.2. The molecule has 1 saturated heterocycles. The second-order valence-electron chi connectivity index (χ2n) is 8.39. The first-order chi connectivity index (χ1) is 18.4. The van der Waals surface area contributed by atoms with Gasteiger partial charge in [0.15, 0.2) is 5.11 Å². The third-order valence-electron chi connectivity index (χ3n) is 5.86. The molecule has 0 atom stereocenters. The molecule has 0 unspecified atom stereocenters. The Labute approximate surface area is 235 Å². The second-order valence-corrected chi connectivity index (χ2v) is 9.60. The first kappa shape index (κ1) is 25.7. The quantitative estimate of drug-likeness (QED) is 0.141. The summed E-state index contributed by atoms with van der Waals surface area (Å²) < 4.78 is 5.93. The van der Waals surface area contributed by atoms with Crippen LogP contribution in [0.3, 0.4) is 0 Å². The van der Waals surface area contributed by atoms with Crippen molar-refractivity contribution in [1.29, 1.82) is 0 Å². The molecule has 1 aliphatic heterocycles. The molecular formula is C30H20Cl2N2O3S. The van der Waals surface area contributed by atoms with Crippen molar-refractivity contribution in [1.82, 2.24) is 0 Å². The topological polar surface area (TPSA) is 49.9 Å². The van der Waals surface area contributed by atoms with E-state index in [9.17, 15) is 9.59 Å². The van der Waals surface area contributed by atoms with Crippen LogP contribution in [0, 0.1) is 0 Å². The summed E-state index contributed by atoms with van der Waals surface area (Å²) in [6.07, 6.45) is 1.56. The maximum absolute atomic E-state index is 13.7. The Bertz CT molecular complexity index is 1500. The van der Waals surface area contributed by atoms with Gasteiger partial charge < -0.3 is 4.74 Å². The lowest BCUT2D eigenvalue weighted by Crippen LogP contribution is -2.56. The van der Waals surface area contributed by atoms with Gasteiger partial charge in [0.05, 0.1) is 11.4 Å². The maximum atomic E-state index is 13.7. The summed E-state index contributed by atoms with van der Waals surface area (Å²) in [5.41, 5.74) is 2.51. The average Bonchev–Trinajstić information content (AvgIpc) is 2.92. The van der Waals surface area contributed by atoms with E-state index >= 15 is 0 Å². The highest BCUT2D eigenvalue weighted by molar-refractivity contribution is 7.81. The van der Waals surface area contributed by atoms with Gasteiger partial charge in [-0.15, -0.1) is 0 Å². The van der Waals surface area contributed by atoms with E-state index in [0.717, 1.165) is 5.56 Å². The molecule has 0 aromatic heterocycles. The first-order valence-corrected chi connectivity index (χ1v) is 12.8. The minimum atomic E-state index is -0.502. The fraction of sp³-hybridized carbons (Fsp3) is 0.0333. The lowest BCUT2D eigenvalue weighted by molar-refractivity contribution is -0.120. The van der Waals surface area contributed by atoms with Gasteiger partial charge in [0, 0.05) is 15.6 Å². The number of anilines is 2. The van der Waals surface area contributed by atoms with Crippen molar-refractivity contribution in [2.24, 2.45) is 0 Å². The highest BCUT2D eigenvalue weighted by Crippen LogP contribution is 2.30. The molecule has 0 aliphatic carbocycles. The van der Waals surface area contributed by atoms with Gasteiger partial charge in [-0.05, 0) is 72.4 Å². The Morgan fingerprint density at radius 1 is 0.737 bits per heavy atom. The SMILES string of the molecule is O=C1C(=Cc2cccc(OCc3ccc(Cl)cc3Cl)c2)C(=O)N(c2ccccc2)C(=S)N1c1ccccc1. The molecule has 38 heavy (non-hydrogen) atoms. The number of carbonyl (C=O) groups excluding carboxylic acids is 2.